The van der Waals surface area contributed by atoms with Crippen LogP contribution in [0.4, 0.5) is 5.69 Å². The molecule has 0 saturated carbocycles. The summed E-state index contributed by atoms with van der Waals surface area (Å²) in [5.74, 6) is 0.971. The van der Waals surface area contributed by atoms with Crippen LogP contribution in [0.2, 0.25) is 10.0 Å². The molecule has 22 heavy (non-hydrogen) atoms. The van der Waals surface area contributed by atoms with Crippen LogP contribution in [0, 0.1) is 0 Å². The highest BCUT2D eigenvalue weighted by Crippen LogP contribution is 2.26. The Labute approximate surface area is 138 Å². The van der Waals surface area contributed by atoms with E-state index in [0.29, 0.717) is 28.1 Å². The molecular formula is C16H15Cl2NO3. The normalized spacial score (nSPS) is 10.1. The number of carbonyl (C=O) groups excluding carboxylic acids is 1. The first kappa shape index (κ1) is 16.5. The number of hydrogen-bond acceptors (Lipinski definition) is 3. The van der Waals surface area contributed by atoms with Crippen molar-refractivity contribution >= 4 is 34.8 Å². The van der Waals surface area contributed by atoms with E-state index < -0.39 is 0 Å². The first-order valence-electron chi connectivity index (χ1n) is 6.69. The lowest BCUT2D eigenvalue weighted by Gasteiger charge is -2.09. The SMILES string of the molecule is CCOc1ccc(NC(=O)COc2ccc(Cl)c(Cl)c2)cc1. The Bertz CT molecular complexity index is 644. The maximum atomic E-state index is 11.8. The fourth-order valence-corrected chi connectivity index (χ4v) is 2.00. The molecule has 0 aliphatic rings. The number of carbonyl (C=O) groups is 1. The average molecular weight is 340 g/mol. The van der Waals surface area contributed by atoms with Gasteiger partial charge < -0.3 is 14.8 Å². The van der Waals surface area contributed by atoms with Crippen LogP contribution < -0.4 is 14.8 Å². The summed E-state index contributed by atoms with van der Waals surface area (Å²) in [4.78, 5) is 11.8. The van der Waals surface area contributed by atoms with Crippen molar-refractivity contribution in [3.63, 3.8) is 0 Å². The molecular weight excluding hydrogens is 325 g/mol. The number of benzene rings is 2. The molecule has 0 aromatic heterocycles. The van der Waals surface area contributed by atoms with E-state index in [2.05, 4.69) is 5.32 Å². The predicted molar refractivity (Wildman–Crippen MR) is 88.2 cm³/mol. The van der Waals surface area contributed by atoms with Gasteiger partial charge in [-0.05, 0) is 43.3 Å². The molecule has 2 aromatic rings. The van der Waals surface area contributed by atoms with E-state index in [1.54, 1.807) is 42.5 Å². The molecule has 116 valence electrons. The van der Waals surface area contributed by atoms with Crippen LogP contribution in [0.1, 0.15) is 6.92 Å². The van der Waals surface area contributed by atoms with Crippen LogP contribution in [-0.2, 0) is 4.79 Å². The van der Waals surface area contributed by atoms with Crippen LogP contribution in [0.3, 0.4) is 0 Å². The van der Waals surface area contributed by atoms with Crippen molar-refractivity contribution in [3.05, 3.63) is 52.5 Å². The smallest absolute Gasteiger partial charge is 0.262 e. The van der Waals surface area contributed by atoms with Gasteiger partial charge in [0.1, 0.15) is 11.5 Å². The van der Waals surface area contributed by atoms with E-state index in [0.717, 1.165) is 5.75 Å². The second-order valence-corrected chi connectivity index (χ2v) is 5.18. The molecule has 4 nitrogen and oxygen atoms in total. The van der Waals surface area contributed by atoms with E-state index >= 15 is 0 Å². The summed E-state index contributed by atoms with van der Waals surface area (Å²) in [6.07, 6.45) is 0. The van der Waals surface area contributed by atoms with Gasteiger partial charge in [0.25, 0.3) is 5.91 Å². The summed E-state index contributed by atoms with van der Waals surface area (Å²) >= 11 is 11.7. The zero-order chi connectivity index (χ0) is 15.9. The van der Waals surface area contributed by atoms with Crippen molar-refractivity contribution in [2.24, 2.45) is 0 Å². The molecule has 0 bridgehead atoms. The summed E-state index contributed by atoms with van der Waals surface area (Å²) in [5, 5.41) is 3.55. The van der Waals surface area contributed by atoms with Crippen LogP contribution in [-0.4, -0.2) is 19.1 Å². The van der Waals surface area contributed by atoms with Crippen LogP contribution in [0.5, 0.6) is 11.5 Å². The minimum atomic E-state index is -0.268. The quantitative estimate of drug-likeness (QED) is 0.847. The first-order valence-corrected chi connectivity index (χ1v) is 7.44. The minimum Gasteiger partial charge on any atom is -0.494 e. The van der Waals surface area contributed by atoms with E-state index in [1.165, 1.54) is 0 Å². The average Bonchev–Trinajstić information content (AvgIpc) is 2.51. The summed E-state index contributed by atoms with van der Waals surface area (Å²) in [6.45, 7) is 2.39. The summed E-state index contributed by atoms with van der Waals surface area (Å²) in [6, 6.07) is 11.9. The topological polar surface area (TPSA) is 47.6 Å². The van der Waals surface area contributed by atoms with E-state index in [1.807, 2.05) is 6.92 Å². The Morgan fingerprint density at radius 2 is 1.68 bits per heavy atom. The zero-order valence-electron chi connectivity index (χ0n) is 11.9. The fraction of sp³-hybridized carbons (Fsp3) is 0.188. The molecule has 2 aromatic carbocycles. The number of hydrogen-bond donors (Lipinski definition) is 1. The second-order valence-electron chi connectivity index (χ2n) is 4.37. The van der Waals surface area contributed by atoms with Gasteiger partial charge in [-0.1, -0.05) is 23.2 Å². The predicted octanol–water partition coefficient (Wildman–Crippen LogP) is 4.41. The Morgan fingerprint density at radius 3 is 2.32 bits per heavy atom. The number of ether oxygens (including phenoxy) is 2. The van der Waals surface area contributed by atoms with Crippen LogP contribution >= 0.6 is 23.2 Å². The number of anilines is 1. The van der Waals surface area contributed by atoms with Gasteiger partial charge >= 0.3 is 0 Å². The molecule has 0 atom stereocenters. The molecule has 0 aliphatic carbocycles. The number of halogens is 2. The zero-order valence-corrected chi connectivity index (χ0v) is 13.4. The monoisotopic (exact) mass is 339 g/mol. The maximum absolute atomic E-state index is 11.8. The van der Waals surface area contributed by atoms with Crippen LogP contribution in [0.25, 0.3) is 0 Å². The summed E-state index contributed by atoms with van der Waals surface area (Å²) in [5.41, 5.74) is 0.672. The molecule has 0 unspecified atom stereocenters. The standard InChI is InChI=1S/C16H15Cl2NO3/c1-2-21-12-5-3-11(4-6-12)19-16(20)10-22-13-7-8-14(17)15(18)9-13/h3-9H,2,10H2,1H3,(H,19,20). The molecule has 0 fully saturated rings. The number of amides is 1. The molecule has 6 heteroatoms. The van der Waals surface area contributed by atoms with Crippen molar-refractivity contribution in [1.82, 2.24) is 0 Å². The van der Waals surface area contributed by atoms with Gasteiger partial charge in [0.15, 0.2) is 6.61 Å². The van der Waals surface area contributed by atoms with Gasteiger partial charge in [-0.2, -0.15) is 0 Å². The van der Waals surface area contributed by atoms with Crippen molar-refractivity contribution in [3.8, 4) is 11.5 Å². The maximum Gasteiger partial charge on any atom is 0.262 e. The van der Waals surface area contributed by atoms with E-state index in [4.69, 9.17) is 32.7 Å². The lowest BCUT2D eigenvalue weighted by atomic mass is 10.3. The van der Waals surface area contributed by atoms with Crippen molar-refractivity contribution in [1.29, 1.82) is 0 Å². The molecule has 0 spiro atoms. The summed E-state index contributed by atoms with van der Waals surface area (Å²) < 4.78 is 10.7. The molecule has 2 rings (SSSR count). The van der Waals surface area contributed by atoms with Crippen molar-refractivity contribution in [2.45, 2.75) is 6.92 Å². The molecule has 0 aliphatic heterocycles. The van der Waals surface area contributed by atoms with Gasteiger partial charge in [-0.3, -0.25) is 4.79 Å². The third kappa shape index (κ3) is 4.83. The molecule has 1 N–H and O–H groups in total. The van der Waals surface area contributed by atoms with Gasteiger partial charge in [-0.15, -0.1) is 0 Å². The fourth-order valence-electron chi connectivity index (χ4n) is 1.71. The Morgan fingerprint density at radius 1 is 1.00 bits per heavy atom. The van der Waals surface area contributed by atoms with Gasteiger partial charge in [0.05, 0.1) is 16.7 Å². The first-order chi connectivity index (χ1) is 10.6. The van der Waals surface area contributed by atoms with Gasteiger partial charge in [-0.25, -0.2) is 0 Å². The Hall–Kier alpha value is -1.91. The minimum absolute atomic E-state index is 0.120. The van der Waals surface area contributed by atoms with Crippen molar-refractivity contribution < 1.29 is 14.3 Å². The molecule has 1 amide bonds. The Kier molecular flexibility index (Phi) is 5.92. The Balaban J connectivity index is 1.85. The number of rotatable bonds is 6. The van der Waals surface area contributed by atoms with Gasteiger partial charge in [0.2, 0.25) is 0 Å². The van der Waals surface area contributed by atoms with E-state index in [9.17, 15) is 4.79 Å². The van der Waals surface area contributed by atoms with E-state index in [-0.39, 0.29) is 12.5 Å². The number of nitrogens with one attached hydrogen (secondary N) is 1. The molecule has 0 radical (unpaired) electrons. The lowest BCUT2D eigenvalue weighted by Crippen LogP contribution is -2.20. The highest BCUT2D eigenvalue weighted by Gasteiger charge is 2.05. The summed E-state index contributed by atoms with van der Waals surface area (Å²) in [7, 11) is 0. The lowest BCUT2D eigenvalue weighted by molar-refractivity contribution is -0.118. The second kappa shape index (κ2) is 7.92. The van der Waals surface area contributed by atoms with Crippen LogP contribution in [0.15, 0.2) is 42.5 Å². The largest absolute Gasteiger partial charge is 0.494 e. The molecule has 0 saturated heterocycles. The highest BCUT2D eigenvalue weighted by atomic mass is 35.5. The molecule has 0 heterocycles. The van der Waals surface area contributed by atoms with Gasteiger partial charge in [0, 0.05) is 11.8 Å². The third-order valence-electron chi connectivity index (χ3n) is 2.71. The van der Waals surface area contributed by atoms with Crippen molar-refractivity contribution in [2.75, 3.05) is 18.5 Å². The third-order valence-corrected chi connectivity index (χ3v) is 3.45. The highest BCUT2D eigenvalue weighted by molar-refractivity contribution is 6.42.